The average Bonchev–Trinajstić information content (AvgIpc) is 3.19. The van der Waals surface area contributed by atoms with E-state index in [9.17, 15) is 22.8 Å². The molecule has 0 aliphatic heterocycles. The molecule has 2 aromatic heterocycles. The van der Waals surface area contributed by atoms with Gasteiger partial charge in [-0.2, -0.15) is 23.4 Å². The quantitative estimate of drug-likeness (QED) is 0.710. The fourth-order valence-corrected chi connectivity index (χ4v) is 2.80. The van der Waals surface area contributed by atoms with Gasteiger partial charge in [0.05, 0.1) is 5.56 Å². The zero-order valence-electron chi connectivity index (χ0n) is 14.5. The Morgan fingerprint density at radius 3 is 2.63 bits per heavy atom. The van der Waals surface area contributed by atoms with Crippen LogP contribution in [0.2, 0.25) is 0 Å². The predicted octanol–water partition coefficient (Wildman–Crippen LogP) is 2.03. The topological polar surface area (TPSA) is 102 Å². The molecule has 11 heteroatoms. The van der Waals surface area contributed by atoms with Crippen LogP contribution in [-0.2, 0) is 19.8 Å². The Morgan fingerprint density at radius 1 is 1.33 bits per heavy atom. The first kappa shape index (κ1) is 18.9. The largest absolute Gasteiger partial charge is 0.476 e. The van der Waals surface area contributed by atoms with Crippen molar-refractivity contribution in [1.82, 2.24) is 24.9 Å². The van der Waals surface area contributed by atoms with Crippen molar-refractivity contribution >= 4 is 11.9 Å². The van der Waals surface area contributed by atoms with Crippen LogP contribution in [0.25, 0.3) is 0 Å². The van der Waals surface area contributed by atoms with Crippen LogP contribution in [0.1, 0.15) is 57.4 Å². The first-order valence-corrected chi connectivity index (χ1v) is 8.37. The summed E-state index contributed by atoms with van der Waals surface area (Å²) in [6, 6.07) is 1.09. The third-order valence-electron chi connectivity index (χ3n) is 4.21. The molecule has 1 fully saturated rings. The van der Waals surface area contributed by atoms with Crippen molar-refractivity contribution in [2.45, 2.75) is 37.9 Å². The minimum atomic E-state index is -4.49. The molecule has 8 nitrogen and oxygen atoms in total. The van der Waals surface area contributed by atoms with Gasteiger partial charge in [0, 0.05) is 37.9 Å². The van der Waals surface area contributed by atoms with Crippen molar-refractivity contribution in [2.24, 2.45) is 7.05 Å². The molecule has 2 aromatic rings. The van der Waals surface area contributed by atoms with E-state index in [1.807, 2.05) is 0 Å². The molecule has 0 unspecified atom stereocenters. The highest BCUT2D eigenvalue weighted by atomic mass is 19.4. The predicted molar refractivity (Wildman–Crippen MR) is 86.3 cm³/mol. The van der Waals surface area contributed by atoms with Crippen LogP contribution in [0.3, 0.4) is 0 Å². The second-order valence-corrected chi connectivity index (χ2v) is 6.43. The Hall–Kier alpha value is -2.85. The summed E-state index contributed by atoms with van der Waals surface area (Å²) in [6.07, 6.45) is -1.14. The Kier molecular flexibility index (Phi) is 4.94. The van der Waals surface area contributed by atoms with E-state index >= 15 is 0 Å². The molecule has 0 aromatic carbocycles. The van der Waals surface area contributed by atoms with Crippen molar-refractivity contribution in [3.8, 4) is 0 Å². The Bertz CT molecular complexity index is 867. The molecular weight excluding hydrogens is 367 g/mol. The van der Waals surface area contributed by atoms with E-state index in [0.717, 1.165) is 18.9 Å². The number of carbonyl (C=O) groups is 2. The number of carboxylic acids is 1. The Labute approximate surface area is 152 Å². The van der Waals surface area contributed by atoms with Gasteiger partial charge in [0.1, 0.15) is 0 Å². The van der Waals surface area contributed by atoms with Gasteiger partial charge in [-0.3, -0.25) is 14.2 Å². The zero-order chi connectivity index (χ0) is 19.8. The van der Waals surface area contributed by atoms with Gasteiger partial charge >= 0.3 is 12.1 Å². The summed E-state index contributed by atoms with van der Waals surface area (Å²) in [5.41, 5.74) is -0.765. The number of nitrogens with one attached hydrogen (secondary N) is 1. The second kappa shape index (κ2) is 7.05. The van der Waals surface area contributed by atoms with Crippen molar-refractivity contribution in [3.63, 3.8) is 0 Å². The zero-order valence-corrected chi connectivity index (χ0v) is 14.5. The normalized spacial score (nSPS) is 14.4. The van der Waals surface area contributed by atoms with E-state index in [-0.39, 0.29) is 30.3 Å². The van der Waals surface area contributed by atoms with Crippen LogP contribution < -0.4 is 5.32 Å². The molecular formula is C16H18F3N5O3. The number of amides is 1. The number of nitrogens with zero attached hydrogens (tertiary/aromatic N) is 4. The molecule has 0 bridgehead atoms. The number of halogens is 3. The van der Waals surface area contributed by atoms with Gasteiger partial charge in [0.25, 0.3) is 5.91 Å². The molecule has 1 aliphatic carbocycles. The average molecular weight is 385 g/mol. The van der Waals surface area contributed by atoms with Crippen LogP contribution in [0, 0.1) is 0 Å². The van der Waals surface area contributed by atoms with Crippen LogP contribution in [0.4, 0.5) is 13.2 Å². The van der Waals surface area contributed by atoms with E-state index < -0.39 is 23.7 Å². The number of alkyl halides is 3. The highest BCUT2D eigenvalue weighted by Gasteiger charge is 2.37. The number of aryl methyl sites for hydroxylation is 2. The number of carbonyl (C=O) groups excluding carboxylic acids is 1. The minimum Gasteiger partial charge on any atom is -0.476 e. The third-order valence-corrected chi connectivity index (χ3v) is 4.21. The lowest BCUT2D eigenvalue weighted by molar-refractivity contribution is -0.141. The van der Waals surface area contributed by atoms with Crippen LogP contribution in [-0.4, -0.2) is 43.1 Å². The molecule has 1 saturated carbocycles. The molecule has 2 heterocycles. The number of aromatic nitrogens is 4. The van der Waals surface area contributed by atoms with Gasteiger partial charge in [0.2, 0.25) is 0 Å². The molecule has 0 radical (unpaired) electrons. The van der Waals surface area contributed by atoms with Gasteiger partial charge in [-0.15, -0.1) is 0 Å². The van der Waals surface area contributed by atoms with Crippen LogP contribution in [0.15, 0.2) is 12.3 Å². The van der Waals surface area contributed by atoms with Gasteiger partial charge in [-0.25, -0.2) is 4.79 Å². The van der Waals surface area contributed by atoms with Crippen molar-refractivity contribution in [3.05, 3.63) is 34.9 Å². The van der Waals surface area contributed by atoms with Gasteiger partial charge < -0.3 is 10.4 Å². The molecule has 0 saturated heterocycles. The van der Waals surface area contributed by atoms with Gasteiger partial charge in [-0.05, 0) is 25.3 Å². The number of aromatic carboxylic acids is 1. The molecule has 0 spiro atoms. The maximum atomic E-state index is 12.9. The fraction of sp³-hybridized carbons (Fsp3) is 0.500. The Balaban J connectivity index is 1.58. The smallest absolute Gasteiger partial charge is 0.435 e. The monoisotopic (exact) mass is 385 g/mol. The summed E-state index contributed by atoms with van der Waals surface area (Å²) in [4.78, 5) is 23.2. The lowest BCUT2D eigenvalue weighted by Crippen LogP contribution is -2.26. The van der Waals surface area contributed by atoms with Gasteiger partial charge in [0.15, 0.2) is 11.4 Å². The molecule has 1 aliphatic rings. The lowest BCUT2D eigenvalue weighted by Gasteiger charge is -2.08. The number of hydrogen-bond donors (Lipinski definition) is 2. The summed E-state index contributed by atoms with van der Waals surface area (Å²) in [7, 11) is 1.50. The van der Waals surface area contributed by atoms with Gasteiger partial charge in [-0.1, -0.05) is 0 Å². The second-order valence-electron chi connectivity index (χ2n) is 6.43. The molecule has 3 rings (SSSR count). The van der Waals surface area contributed by atoms with Crippen molar-refractivity contribution in [2.75, 3.05) is 6.54 Å². The number of carboxylic acid groups (broad SMARTS) is 1. The SMILES string of the molecule is Cn1cc(C(=O)NCCCn2nc(C(F)(F)F)cc2C2CC2)c(C(=O)O)n1. The van der Waals surface area contributed by atoms with Crippen LogP contribution in [0.5, 0.6) is 0 Å². The minimum absolute atomic E-state index is 0.0675. The first-order valence-electron chi connectivity index (χ1n) is 8.37. The van der Waals surface area contributed by atoms with E-state index in [1.165, 1.54) is 22.6 Å². The molecule has 0 atom stereocenters. The highest BCUT2D eigenvalue weighted by Crippen LogP contribution is 2.42. The van der Waals surface area contributed by atoms with E-state index in [2.05, 4.69) is 15.5 Å². The Morgan fingerprint density at radius 2 is 2.04 bits per heavy atom. The van der Waals surface area contributed by atoms with Crippen molar-refractivity contribution < 1.29 is 27.9 Å². The molecule has 27 heavy (non-hydrogen) atoms. The lowest BCUT2D eigenvalue weighted by atomic mass is 10.2. The third kappa shape index (κ3) is 4.29. The molecule has 1 amide bonds. The summed E-state index contributed by atoms with van der Waals surface area (Å²) < 4.78 is 41.2. The summed E-state index contributed by atoms with van der Waals surface area (Å²) >= 11 is 0. The van der Waals surface area contributed by atoms with E-state index in [4.69, 9.17) is 5.11 Å². The van der Waals surface area contributed by atoms with Crippen molar-refractivity contribution in [1.29, 1.82) is 0 Å². The number of rotatable bonds is 7. The summed E-state index contributed by atoms with van der Waals surface area (Å²) in [6.45, 7) is 0.388. The van der Waals surface area contributed by atoms with E-state index in [0.29, 0.717) is 12.1 Å². The highest BCUT2D eigenvalue weighted by molar-refractivity contribution is 6.03. The molecule has 146 valence electrons. The standard InChI is InChI=1S/C16H18F3N5O3/c1-23-8-10(13(22-23)15(26)27)14(25)20-5-2-6-24-11(9-3-4-9)7-12(21-24)16(17,18)19/h7-9H,2-6H2,1H3,(H,20,25)(H,26,27). The molecule has 2 N–H and O–H groups in total. The van der Waals surface area contributed by atoms with E-state index in [1.54, 1.807) is 0 Å². The summed E-state index contributed by atoms with van der Waals surface area (Å²) in [5, 5.41) is 19.0. The maximum absolute atomic E-state index is 12.9. The fourth-order valence-electron chi connectivity index (χ4n) is 2.80. The number of hydrogen-bond acceptors (Lipinski definition) is 4. The summed E-state index contributed by atoms with van der Waals surface area (Å²) in [5.74, 6) is -1.80. The first-order chi connectivity index (χ1) is 12.7. The maximum Gasteiger partial charge on any atom is 0.435 e. The van der Waals surface area contributed by atoms with Crippen LogP contribution >= 0.6 is 0 Å².